The van der Waals surface area contributed by atoms with Crippen LogP contribution < -0.4 is 4.74 Å². The van der Waals surface area contributed by atoms with Gasteiger partial charge in [-0.1, -0.05) is 23.2 Å². The summed E-state index contributed by atoms with van der Waals surface area (Å²) in [6, 6.07) is 8.73. The molecule has 0 aliphatic heterocycles. The molecule has 0 bridgehead atoms. The maximum absolute atomic E-state index is 11.6. The molecule has 2 aromatic rings. The van der Waals surface area contributed by atoms with Gasteiger partial charge in [-0.3, -0.25) is 4.79 Å². The number of hydrogen-bond acceptors (Lipinski definition) is 6. The van der Waals surface area contributed by atoms with Crippen LogP contribution >= 0.6 is 0 Å². The van der Waals surface area contributed by atoms with E-state index in [0.717, 1.165) is 11.0 Å². The van der Waals surface area contributed by atoms with Crippen molar-refractivity contribution in [2.24, 2.45) is 0 Å². The van der Waals surface area contributed by atoms with E-state index in [9.17, 15) is 14.9 Å². The SMILES string of the molecule is O=C(COc1ccccc1)n1cnc([N+](=O)[O-])n1. The Morgan fingerprint density at radius 1 is 1.39 bits per heavy atom. The molecule has 8 heteroatoms. The lowest BCUT2D eigenvalue weighted by atomic mass is 10.3. The van der Waals surface area contributed by atoms with Gasteiger partial charge < -0.3 is 14.9 Å². The van der Waals surface area contributed by atoms with Gasteiger partial charge in [0, 0.05) is 5.10 Å². The molecule has 0 aliphatic carbocycles. The molecule has 0 saturated heterocycles. The van der Waals surface area contributed by atoms with E-state index in [-0.39, 0.29) is 6.61 Å². The minimum absolute atomic E-state index is 0.273. The van der Waals surface area contributed by atoms with E-state index >= 15 is 0 Å². The largest absolute Gasteiger partial charge is 0.491 e. The normalized spacial score (nSPS) is 10.0. The van der Waals surface area contributed by atoms with E-state index < -0.39 is 16.8 Å². The van der Waals surface area contributed by atoms with Gasteiger partial charge in [-0.15, -0.1) is 4.68 Å². The zero-order valence-electron chi connectivity index (χ0n) is 9.09. The second kappa shape index (κ2) is 5.04. The number of hydrogen-bond donors (Lipinski definition) is 0. The average Bonchev–Trinajstić information content (AvgIpc) is 2.87. The van der Waals surface area contributed by atoms with Crippen LogP contribution in [0.25, 0.3) is 0 Å². The zero-order valence-corrected chi connectivity index (χ0v) is 9.09. The molecule has 0 N–H and O–H groups in total. The van der Waals surface area contributed by atoms with Crippen LogP contribution in [-0.2, 0) is 0 Å². The summed E-state index contributed by atoms with van der Waals surface area (Å²) in [6.07, 6.45) is 0.981. The van der Waals surface area contributed by atoms with Crippen molar-refractivity contribution >= 4 is 11.9 Å². The highest BCUT2D eigenvalue weighted by Gasteiger charge is 2.18. The number of ether oxygens (including phenoxy) is 1. The van der Waals surface area contributed by atoms with E-state index in [4.69, 9.17) is 4.74 Å². The van der Waals surface area contributed by atoms with E-state index in [1.165, 1.54) is 0 Å². The Kier molecular flexibility index (Phi) is 3.28. The number of benzene rings is 1. The maximum atomic E-state index is 11.6. The first-order chi connectivity index (χ1) is 8.66. The molecule has 0 aliphatic rings. The van der Waals surface area contributed by atoms with Crippen molar-refractivity contribution in [3.8, 4) is 5.75 Å². The van der Waals surface area contributed by atoms with Crippen molar-refractivity contribution in [3.63, 3.8) is 0 Å². The number of nitro groups is 1. The zero-order chi connectivity index (χ0) is 13.0. The third-order valence-electron chi connectivity index (χ3n) is 2.00. The van der Waals surface area contributed by atoms with Gasteiger partial charge in [-0.05, 0) is 17.1 Å². The van der Waals surface area contributed by atoms with E-state index in [2.05, 4.69) is 10.1 Å². The monoisotopic (exact) mass is 248 g/mol. The summed E-state index contributed by atoms with van der Waals surface area (Å²) < 4.78 is 5.96. The van der Waals surface area contributed by atoms with Gasteiger partial charge in [0.25, 0.3) is 5.91 Å². The Balaban J connectivity index is 1.97. The standard InChI is InChI=1S/C10H8N4O4/c15-9(6-18-8-4-2-1-3-5-8)13-7-11-10(12-13)14(16)17/h1-5,7H,6H2. The molecule has 92 valence electrons. The second-order valence-corrected chi connectivity index (χ2v) is 3.24. The molecule has 0 fully saturated rings. The Morgan fingerprint density at radius 2 is 2.11 bits per heavy atom. The molecule has 0 unspecified atom stereocenters. The van der Waals surface area contributed by atoms with E-state index in [1.807, 2.05) is 6.07 Å². The molecule has 0 spiro atoms. The molecule has 1 aromatic carbocycles. The Morgan fingerprint density at radius 3 is 2.72 bits per heavy atom. The highest BCUT2D eigenvalue weighted by atomic mass is 16.6. The van der Waals surface area contributed by atoms with Crippen LogP contribution in [0, 0.1) is 10.1 Å². The molecule has 0 saturated carbocycles. The van der Waals surface area contributed by atoms with Gasteiger partial charge in [0.05, 0.1) is 0 Å². The predicted octanol–water partition coefficient (Wildman–Crippen LogP) is 0.905. The molecular formula is C10H8N4O4. The third-order valence-corrected chi connectivity index (χ3v) is 2.00. The molecule has 0 amide bonds. The summed E-state index contributed by atoms with van der Waals surface area (Å²) in [7, 11) is 0. The Bertz CT molecular complexity index is 566. The average molecular weight is 248 g/mol. The highest BCUT2D eigenvalue weighted by molar-refractivity contribution is 5.79. The van der Waals surface area contributed by atoms with Gasteiger partial charge in [0.1, 0.15) is 5.75 Å². The van der Waals surface area contributed by atoms with Crippen LogP contribution in [0.2, 0.25) is 0 Å². The van der Waals surface area contributed by atoms with Crippen LogP contribution in [-0.4, -0.2) is 32.2 Å². The first kappa shape index (κ1) is 11.7. The molecule has 1 aromatic heterocycles. The van der Waals surface area contributed by atoms with Gasteiger partial charge in [-0.25, -0.2) is 0 Å². The van der Waals surface area contributed by atoms with Crippen LogP contribution in [0.4, 0.5) is 5.95 Å². The van der Waals surface area contributed by atoms with Crippen molar-refractivity contribution in [1.29, 1.82) is 0 Å². The predicted molar refractivity (Wildman–Crippen MR) is 59.2 cm³/mol. The summed E-state index contributed by atoms with van der Waals surface area (Å²) in [6.45, 7) is -0.273. The molecule has 0 atom stereocenters. The second-order valence-electron chi connectivity index (χ2n) is 3.24. The van der Waals surface area contributed by atoms with E-state index in [0.29, 0.717) is 5.75 Å². The molecule has 1 heterocycles. The molecule has 0 radical (unpaired) electrons. The number of rotatable bonds is 4. The number of para-hydroxylation sites is 1. The van der Waals surface area contributed by atoms with Crippen LogP contribution in [0.3, 0.4) is 0 Å². The molecule has 8 nitrogen and oxygen atoms in total. The molecule has 18 heavy (non-hydrogen) atoms. The fourth-order valence-corrected chi connectivity index (χ4v) is 1.19. The molecule has 2 rings (SSSR count). The van der Waals surface area contributed by atoms with Gasteiger partial charge in [0.15, 0.2) is 6.61 Å². The summed E-state index contributed by atoms with van der Waals surface area (Å²) in [4.78, 5) is 24.5. The van der Waals surface area contributed by atoms with Gasteiger partial charge >= 0.3 is 5.95 Å². The smallest absolute Gasteiger partial charge is 0.484 e. The van der Waals surface area contributed by atoms with Crippen molar-refractivity contribution in [3.05, 3.63) is 46.8 Å². The lowest BCUT2D eigenvalue weighted by molar-refractivity contribution is -0.394. The topological polar surface area (TPSA) is 100 Å². The number of carbonyl (C=O) groups excluding carboxylic acids is 1. The summed E-state index contributed by atoms with van der Waals surface area (Å²) in [5.74, 6) is -0.636. The van der Waals surface area contributed by atoms with Crippen molar-refractivity contribution in [2.45, 2.75) is 0 Å². The van der Waals surface area contributed by atoms with Crippen molar-refractivity contribution in [2.75, 3.05) is 6.61 Å². The minimum Gasteiger partial charge on any atom is -0.484 e. The Hall–Kier alpha value is -2.77. The Labute approximate surface area is 101 Å². The number of carbonyl (C=O) groups is 1. The quantitative estimate of drug-likeness (QED) is 0.588. The number of aromatic nitrogens is 3. The fourth-order valence-electron chi connectivity index (χ4n) is 1.19. The van der Waals surface area contributed by atoms with Crippen LogP contribution in [0.15, 0.2) is 36.7 Å². The first-order valence-electron chi connectivity index (χ1n) is 4.94. The summed E-state index contributed by atoms with van der Waals surface area (Å²) in [5.41, 5.74) is 0. The molecular weight excluding hydrogens is 240 g/mol. The van der Waals surface area contributed by atoms with Crippen LogP contribution in [0.5, 0.6) is 5.75 Å². The number of nitrogens with zero attached hydrogens (tertiary/aromatic N) is 4. The minimum atomic E-state index is -0.776. The van der Waals surface area contributed by atoms with Crippen molar-refractivity contribution < 1.29 is 14.5 Å². The summed E-state index contributed by atoms with van der Waals surface area (Å²) >= 11 is 0. The fraction of sp³-hybridized carbons (Fsp3) is 0.100. The van der Waals surface area contributed by atoms with Gasteiger partial charge in [0.2, 0.25) is 6.33 Å². The maximum Gasteiger partial charge on any atom is 0.491 e. The lowest BCUT2D eigenvalue weighted by Gasteiger charge is -2.02. The third kappa shape index (κ3) is 2.67. The van der Waals surface area contributed by atoms with E-state index in [1.54, 1.807) is 24.3 Å². The first-order valence-corrected chi connectivity index (χ1v) is 4.94. The highest BCUT2D eigenvalue weighted by Crippen LogP contribution is 2.08. The lowest BCUT2D eigenvalue weighted by Crippen LogP contribution is -2.19. The van der Waals surface area contributed by atoms with Crippen LogP contribution in [0.1, 0.15) is 4.79 Å². The van der Waals surface area contributed by atoms with Gasteiger partial charge in [-0.2, -0.15) is 0 Å². The van der Waals surface area contributed by atoms with Crippen molar-refractivity contribution in [1.82, 2.24) is 14.8 Å². The summed E-state index contributed by atoms with van der Waals surface area (Å²) in [5, 5.41) is 13.7.